The highest BCUT2D eigenvalue weighted by molar-refractivity contribution is 5.92. The molecule has 0 aliphatic heterocycles. The average molecular weight is 346 g/mol. The van der Waals surface area contributed by atoms with Crippen LogP contribution in [-0.4, -0.2) is 28.1 Å². The Kier molecular flexibility index (Phi) is 5.59. The number of benzene rings is 2. The molecule has 26 heavy (non-hydrogen) atoms. The number of rotatable bonds is 6. The maximum absolute atomic E-state index is 12.5. The molecule has 1 N–H and O–H groups in total. The number of aromatic nitrogens is 2. The Morgan fingerprint density at radius 1 is 0.962 bits per heavy atom. The first kappa shape index (κ1) is 17.6. The zero-order valence-electron chi connectivity index (χ0n) is 15.0. The normalized spacial score (nSPS) is 10.4. The van der Waals surface area contributed by atoms with E-state index < -0.39 is 0 Å². The molecule has 1 amide bonds. The highest BCUT2D eigenvalue weighted by Crippen LogP contribution is 2.10. The van der Waals surface area contributed by atoms with E-state index in [1.165, 1.54) is 11.1 Å². The molecule has 0 unspecified atom stereocenters. The van der Waals surface area contributed by atoms with Gasteiger partial charge in [-0.15, -0.1) is 10.2 Å². The summed E-state index contributed by atoms with van der Waals surface area (Å²) in [6.07, 6.45) is 0. The Morgan fingerprint density at radius 2 is 1.73 bits per heavy atom. The van der Waals surface area contributed by atoms with Crippen LogP contribution in [0.3, 0.4) is 0 Å². The zero-order chi connectivity index (χ0) is 18.4. The molecule has 0 saturated carbocycles. The van der Waals surface area contributed by atoms with E-state index in [1.807, 2.05) is 36.4 Å². The van der Waals surface area contributed by atoms with Gasteiger partial charge in [-0.1, -0.05) is 60.2 Å². The topological polar surface area (TPSA) is 58.1 Å². The van der Waals surface area contributed by atoms with Crippen LogP contribution < -0.4 is 5.32 Å². The Balaban J connectivity index is 1.58. The second-order valence-corrected chi connectivity index (χ2v) is 6.29. The monoisotopic (exact) mass is 346 g/mol. The van der Waals surface area contributed by atoms with Crippen LogP contribution in [0.25, 0.3) is 0 Å². The van der Waals surface area contributed by atoms with Crippen molar-refractivity contribution in [2.75, 3.05) is 12.4 Å². The fourth-order valence-electron chi connectivity index (χ4n) is 2.68. The van der Waals surface area contributed by atoms with E-state index in [2.05, 4.69) is 40.6 Å². The predicted molar refractivity (Wildman–Crippen MR) is 103 cm³/mol. The van der Waals surface area contributed by atoms with Gasteiger partial charge in [0.05, 0.1) is 0 Å². The largest absolute Gasteiger partial charge is 0.365 e. The summed E-state index contributed by atoms with van der Waals surface area (Å²) in [6, 6.07) is 21.6. The van der Waals surface area contributed by atoms with E-state index in [9.17, 15) is 4.79 Å². The molecule has 0 atom stereocenters. The minimum absolute atomic E-state index is 0.147. The summed E-state index contributed by atoms with van der Waals surface area (Å²) in [5.41, 5.74) is 3.81. The number of anilines is 1. The van der Waals surface area contributed by atoms with Crippen molar-refractivity contribution in [2.45, 2.75) is 20.0 Å². The molecule has 2 aromatic carbocycles. The molecule has 0 spiro atoms. The van der Waals surface area contributed by atoms with Gasteiger partial charge in [0.1, 0.15) is 5.82 Å². The van der Waals surface area contributed by atoms with Gasteiger partial charge in [0.15, 0.2) is 5.69 Å². The van der Waals surface area contributed by atoms with Crippen LogP contribution in [0, 0.1) is 6.92 Å². The highest BCUT2D eigenvalue weighted by atomic mass is 16.2. The number of hydrogen-bond acceptors (Lipinski definition) is 4. The summed E-state index contributed by atoms with van der Waals surface area (Å²) < 4.78 is 0. The Morgan fingerprint density at radius 3 is 2.42 bits per heavy atom. The minimum Gasteiger partial charge on any atom is -0.365 e. The molecule has 0 saturated heterocycles. The quantitative estimate of drug-likeness (QED) is 0.740. The summed E-state index contributed by atoms with van der Waals surface area (Å²) in [6.45, 7) is 3.27. The number of carbonyl (C=O) groups is 1. The van der Waals surface area contributed by atoms with Gasteiger partial charge in [0, 0.05) is 20.1 Å². The Labute approximate surface area is 153 Å². The molecule has 0 aliphatic rings. The van der Waals surface area contributed by atoms with Gasteiger partial charge in [-0.2, -0.15) is 0 Å². The van der Waals surface area contributed by atoms with Gasteiger partial charge in [0.2, 0.25) is 0 Å². The lowest BCUT2D eigenvalue weighted by Gasteiger charge is -2.16. The van der Waals surface area contributed by atoms with Crippen LogP contribution >= 0.6 is 0 Å². The van der Waals surface area contributed by atoms with Crippen molar-refractivity contribution in [1.82, 2.24) is 15.1 Å². The molecule has 0 fully saturated rings. The molecule has 132 valence electrons. The van der Waals surface area contributed by atoms with Crippen molar-refractivity contribution in [2.24, 2.45) is 0 Å². The van der Waals surface area contributed by atoms with Gasteiger partial charge < -0.3 is 10.2 Å². The number of carbonyl (C=O) groups excluding carboxylic acids is 1. The number of nitrogens with zero attached hydrogens (tertiary/aromatic N) is 3. The average Bonchev–Trinajstić information content (AvgIpc) is 2.67. The molecule has 5 heteroatoms. The summed E-state index contributed by atoms with van der Waals surface area (Å²) >= 11 is 0. The van der Waals surface area contributed by atoms with Crippen molar-refractivity contribution in [3.05, 3.63) is 89.1 Å². The maximum atomic E-state index is 12.5. The smallest absolute Gasteiger partial charge is 0.274 e. The van der Waals surface area contributed by atoms with Crippen LogP contribution in [0.15, 0.2) is 66.7 Å². The molecule has 0 bridgehead atoms. The van der Waals surface area contributed by atoms with Crippen molar-refractivity contribution < 1.29 is 4.79 Å². The van der Waals surface area contributed by atoms with E-state index in [0.29, 0.717) is 24.6 Å². The van der Waals surface area contributed by atoms with Crippen molar-refractivity contribution in [3.63, 3.8) is 0 Å². The third-order valence-corrected chi connectivity index (χ3v) is 4.05. The first-order valence-corrected chi connectivity index (χ1v) is 8.54. The second-order valence-electron chi connectivity index (χ2n) is 6.29. The molecule has 1 aromatic heterocycles. The third-order valence-electron chi connectivity index (χ3n) is 4.05. The summed E-state index contributed by atoms with van der Waals surface area (Å²) in [5, 5.41) is 11.4. The molecule has 3 rings (SSSR count). The molecule has 5 nitrogen and oxygen atoms in total. The fraction of sp³-hybridized carbons (Fsp3) is 0.190. The molecule has 1 heterocycles. The lowest BCUT2D eigenvalue weighted by molar-refractivity contribution is 0.0778. The molecular formula is C21H22N4O. The van der Waals surface area contributed by atoms with E-state index in [4.69, 9.17) is 0 Å². The van der Waals surface area contributed by atoms with E-state index in [0.717, 1.165) is 5.56 Å². The van der Waals surface area contributed by atoms with Crippen LogP contribution in [0.2, 0.25) is 0 Å². The van der Waals surface area contributed by atoms with Gasteiger partial charge in [-0.05, 0) is 30.2 Å². The summed E-state index contributed by atoms with van der Waals surface area (Å²) in [4.78, 5) is 14.1. The van der Waals surface area contributed by atoms with Crippen LogP contribution in [0.4, 0.5) is 5.82 Å². The van der Waals surface area contributed by atoms with Crippen molar-refractivity contribution in [1.29, 1.82) is 0 Å². The van der Waals surface area contributed by atoms with Crippen LogP contribution in [0.5, 0.6) is 0 Å². The standard InChI is InChI=1S/C21H22N4O/c1-16-7-6-10-18(13-16)14-22-20-12-11-19(23-24-20)21(26)25(2)15-17-8-4-3-5-9-17/h3-13H,14-15H2,1-2H3,(H,22,24). The van der Waals surface area contributed by atoms with Crippen molar-refractivity contribution >= 4 is 11.7 Å². The number of nitrogens with one attached hydrogen (secondary N) is 1. The van der Waals surface area contributed by atoms with Gasteiger partial charge in [0.25, 0.3) is 5.91 Å². The molecular weight excluding hydrogens is 324 g/mol. The number of hydrogen-bond donors (Lipinski definition) is 1. The SMILES string of the molecule is Cc1cccc(CNc2ccc(C(=O)N(C)Cc3ccccc3)nn2)c1. The van der Waals surface area contributed by atoms with Crippen LogP contribution in [-0.2, 0) is 13.1 Å². The van der Waals surface area contributed by atoms with Gasteiger partial charge in [-0.25, -0.2) is 0 Å². The fourth-order valence-corrected chi connectivity index (χ4v) is 2.68. The third kappa shape index (κ3) is 4.66. The first-order chi connectivity index (χ1) is 12.6. The van der Waals surface area contributed by atoms with E-state index >= 15 is 0 Å². The van der Waals surface area contributed by atoms with Gasteiger partial charge in [-0.3, -0.25) is 4.79 Å². The highest BCUT2D eigenvalue weighted by Gasteiger charge is 2.14. The zero-order valence-corrected chi connectivity index (χ0v) is 15.0. The minimum atomic E-state index is -0.147. The molecule has 0 aliphatic carbocycles. The van der Waals surface area contributed by atoms with E-state index in [1.54, 1.807) is 24.1 Å². The number of aryl methyl sites for hydroxylation is 1. The summed E-state index contributed by atoms with van der Waals surface area (Å²) in [5.74, 6) is 0.500. The summed E-state index contributed by atoms with van der Waals surface area (Å²) in [7, 11) is 1.76. The molecule has 3 aromatic rings. The Bertz CT molecular complexity index is 863. The predicted octanol–water partition coefficient (Wildman–Crippen LogP) is 3.67. The second kappa shape index (κ2) is 8.25. The number of amides is 1. The van der Waals surface area contributed by atoms with Crippen molar-refractivity contribution in [3.8, 4) is 0 Å². The van der Waals surface area contributed by atoms with Gasteiger partial charge >= 0.3 is 0 Å². The van der Waals surface area contributed by atoms with Crippen LogP contribution in [0.1, 0.15) is 27.2 Å². The molecule has 0 radical (unpaired) electrons. The maximum Gasteiger partial charge on any atom is 0.274 e. The Hall–Kier alpha value is -3.21. The lowest BCUT2D eigenvalue weighted by atomic mass is 10.1. The first-order valence-electron chi connectivity index (χ1n) is 8.54. The lowest BCUT2D eigenvalue weighted by Crippen LogP contribution is -2.27. The van der Waals surface area contributed by atoms with E-state index in [-0.39, 0.29) is 5.91 Å².